The molecule has 3 nitrogen and oxygen atoms in total. The first-order chi connectivity index (χ1) is 9.40. The molecule has 0 unspecified atom stereocenters. The Morgan fingerprint density at radius 2 is 1.90 bits per heavy atom. The zero-order valence-electron chi connectivity index (χ0n) is 14.6. The van der Waals surface area contributed by atoms with Crippen LogP contribution in [0.4, 0.5) is 0 Å². The van der Waals surface area contributed by atoms with Crippen molar-refractivity contribution >= 4 is 0 Å². The van der Waals surface area contributed by atoms with E-state index in [0.717, 1.165) is 38.1 Å². The van der Waals surface area contributed by atoms with Gasteiger partial charge >= 0.3 is 0 Å². The van der Waals surface area contributed by atoms with E-state index in [2.05, 4.69) is 51.6 Å². The number of likely N-dealkylation sites (N-methyl/N-ethyl adjacent to an activating group) is 2. The van der Waals surface area contributed by atoms with Crippen LogP contribution < -0.4 is 0 Å². The first-order valence-electron chi connectivity index (χ1n) is 8.40. The van der Waals surface area contributed by atoms with Gasteiger partial charge in [0.1, 0.15) is 0 Å². The molecule has 120 valence electrons. The van der Waals surface area contributed by atoms with E-state index < -0.39 is 0 Å². The molecular formula is C17H36N2O. The first kappa shape index (κ1) is 17.9. The Hall–Kier alpha value is -0.120. The van der Waals surface area contributed by atoms with Gasteiger partial charge in [0.25, 0.3) is 0 Å². The van der Waals surface area contributed by atoms with Crippen LogP contribution in [0.5, 0.6) is 0 Å². The highest BCUT2D eigenvalue weighted by molar-refractivity contribution is 4.84. The molecule has 1 fully saturated rings. The summed E-state index contributed by atoms with van der Waals surface area (Å²) in [7, 11) is 4.49. The van der Waals surface area contributed by atoms with E-state index in [-0.39, 0.29) is 0 Å². The average molecular weight is 284 g/mol. The Morgan fingerprint density at radius 1 is 1.20 bits per heavy atom. The van der Waals surface area contributed by atoms with Crippen LogP contribution in [0.15, 0.2) is 0 Å². The maximum Gasteiger partial charge on any atom is 0.0857 e. The molecule has 0 aromatic rings. The van der Waals surface area contributed by atoms with Crippen molar-refractivity contribution < 1.29 is 4.74 Å². The summed E-state index contributed by atoms with van der Waals surface area (Å²) >= 11 is 0. The van der Waals surface area contributed by atoms with Crippen molar-refractivity contribution in [2.75, 3.05) is 40.3 Å². The predicted molar refractivity (Wildman–Crippen MR) is 87.2 cm³/mol. The molecule has 1 heterocycles. The summed E-state index contributed by atoms with van der Waals surface area (Å²) in [6, 6.07) is 0.595. The molecule has 0 aromatic carbocycles. The van der Waals surface area contributed by atoms with E-state index in [0.29, 0.717) is 12.1 Å². The molecule has 1 aliphatic rings. The lowest BCUT2D eigenvalue weighted by Gasteiger charge is -2.41. The van der Waals surface area contributed by atoms with Crippen LogP contribution >= 0.6 is 0 Å². The van der Waals surface area contributed by atoms with Gasteiger partial charge in [-0.05, 0) is 32.4 Å². The van der Waals surface area contributed by atoms with Gasteiger partial charge in [0, 0.05) is 25.7 Å². The van der Waals surface area contributed by atoms with Crippen LogP contribution in [0.1, 0.15) is 47.0 Å². The third kappa shape index (κ3) is 6.55. The monoisotopic (exact) mass is 284 g/mol. The highest BCUT2D eigenvalue weighted by Crippen LogP contribution is 2.20. The number of hydrogen-bond donors (Lipinski definition) is 0. The van der Waals surface area contributed by atoms with Gasteiger partial charge in [0.05, 0.1) is 12.7 Å². The molecule has 0 aromatic heterocycles. The highest BCUT2D eigenvalue weighted by Gasteiger charge is 2.30. The van der Waals surface area contributed by atoms with Crippen molar-refractivity contribution in [3.8, 4) is 0 Å². The number of nitrogens with zero attached hydrogens (tertiary/aromatic N) is 2. The summed E-state index contributed by atoms with van der Waals surface area (Å²) < 4.78 is 6.09. The summed E-state index contributed by atoms with van der Waals surface area (Å²) in [6.45, 7) is 13.4. The average Bonchev–Trinajstić information content (AvgIpc) is 2.31. The molecule has 0 spiro atoms. The van der Waals surface area contributed by atoms with Gasteiger partial charge < -0.3 is 9.64 Å². The Labute approximate surface area is 126 Å². The molecule has 0 bridgehead atoms. The minimum Gasteiger partial charge on any atom is -0.374 e. The standard InChI is InChI=1S/C17H36N2O/c1-14(2)8-7-9-16-17(20-11-10-19(16)6)13-18(5)12-15(3)4/h14-17H,7-13H2,1-6H3/t16-,17+/m0/s1. The summed E-state index contributed by atoms with van der Waals surface area (Å²) in [5.41, 5.74) is 0. The van der Waals surface area contributed by atoms with Crippen LogP contribution in [-0.2, 0) is 4.74 Å². The van der Waals surface area contributed by atoms with Crippen molar-refractivity contribution in [3.63, 3.8) is 0 Å². The normalized spacial score (nSPS) is 25.1. The van der Waals surface area contributed by atoms with Crippen molar-refractivity contribution in [1.82, 2.24) is 9.80 Å². The second kappa shape index (κ2) is 9.01. The highest BCUT2D eigenvalue weighted by atomic mass is 16.5. The number of morpholine rings is 1. The quantitative estimate of drug-likeness (QED) is 0.681. The van der Waals surface area contributed by atoms with Crippen LogP contribution in [0.2, 0.25) is 0 Å². The van der Waals surface area contributed by atoms with Gasteiger partial charge in [0.15, 0.2) is 0 Å². The third-order valence-corrected chi connectivity index (χ3v) is 4.22. The molecule has 1 saturated heterocycles. The van der Waals surface area contributed by atoms with E-state index in [1.165, 1.54) is 19.3 Å². The van der Waals surface area contributed by atoms with Crippen LogP contribution in [0, 0.1) is 11.8 Å². The minimum absolute atomic E-state index is 0.379. The minimum atomic E-state index is 0.379. The zero-order chi connectivity index (χ0) is 15.1. The molecular weight excluding hydrogens is 248 g/mol. The largest absolute Gasteiger partial charge is 0.374 e. The van der Waals surface area contributed by atoms with Gasteiger partial charge in [0.2, 0.25) is 0 Å². The molecule has 0 amide bonds. The van der Waals surface area contributed by atoms with Crippen molar-refractivity contribution in [2.45, 2.75) is 59.1 Å². The van der Waals surface area contributed by atoms with Crippen molar-refractivity contribution in [3.05, 3.63) is 0 Å². The molecule has 2 atom stereocenters. The van der Waals surface area contributed by atoms with E-state index in [4.69, 9.17) is 4.74 Å². The fourth-order valence-electron chi connectivity index (χ4n) is 3.23. The number of hydrogen-bond acceptors (Lipinski definition) is 3. The summed E-state index contributed by atoms with van der Waals surface area (Å²) in [6.07, 6.45) is 4.30. The van der Waals surface area contributed by atoms with E-state index >= 15 is 0 Å². The first-order valence-corrected chi connectivity index (χ1v) is 8.40. The second-order valence-electron chi connectivity index (χ2n) is 7.40. The zero-order valence-corrected chi connectivity index (χ0v) is 14.6. The van der Waals surface area contributed by atoms with E-state index in [1.807, 2.05) is 0 Å². The Morgan fingerprint density at radius 3 is 2.50 bits per heavy atom. The fourth-order valence-corrected chi connectivity index (χ4v) is 3.23. The molecule has 0 radical (unpaired) electrons. The summed E-state index contributed by atoms with van der Waals surface area (Å²) in [5, 5.41) is 0. The van der Waals surface area contributed by atoms with Crippen LogP contribution in [0.3, 0.4) is 0 Å². The molecule has 20 heavy (non-hydrogen) atoms. The molecule has 3 heteroatoms. The maximum absolute atomic E-state index is 6.09. The van der Waals surface area contributed by atoms with Crippen LogP contribution in [0.25, 0.3) is 0 Å². The summed E-state index contributed by atoms with van der Waals surface area (Å²) in [5.74, 6) is 1.53. The van der Waals surface area contributed by atoms with Gasteiger partial charge in [-0.3, -0.25) is 4.90 Å². The van der Waals surface area contributed by atoms with Crippen LogP contribution in [-0.4, -0.2) is 62.3 Å². The lowest BCUT2D eigenvalue weighted by atomic mass is 9.97. The lowest BCUT2D eigenvalue weighted by molar-refractivity contribution is -0.0755. The van der Waals surface area contributed by atoms with E-state index in [9.17, 15) is 0 Å². The lowest BCUT2D eigenvalue weighted by Crippen LogP contribution is -2.53. The third-order valence-electron chi connectivity index (χ3n) is 4.22. The number of ether oxygens (including phenoxy) is 1. The molecule has 1 rings (SSSR count). The van der Waals surface area contributed by atoms with Gasteiger partial charge in [-0.25, -0.2) is 0 Å². The van der Waals surface area contributed by atoms with Gasteiger partial charge in [-0.2, -0.15) is 0 Å². The van der Waals surface area contributed by atoms with E-state index in [1.54, 1.807) is 0 Å². The second-order valence-corrected chi connectivity index (χ2v) is 7.40. The molecule has 0 N–H and O–H groups in total. The number of rotatable bonds is 8. The SMILES string of the molecule is CC(C)CCC[C@H]1[C@@H](CN(C)CC(C)C)OCCN1C. The van der Waals surface area contributed by atoms with Gasteiger partial charge in [-0.15, -0.1) is 0 Å². The molecule has 1 aliphatic heterocycles. The molecule has 0 aliphatic carbocycles. The fraction of sp³-hybridized carbons (Fsp3) is 1.00. The smallest absolute Gasteiger partial charge is 0.0857 e. The Kier molecular flexibility index (Phi) is 8.08. The van der Waals surface area contributed by atoms with Crippen molar-refractivity contribution in [1.29, 1.82) is 0 Å². The summed E-state index contributed by atoms with van der Waals surface area (Å²) in [4.78, 5) is 4.95. The Balaban J connectivity index is 2.46. The molecule has 0 saturated carbocycles. The predicted octanol–water partition coefficient (Wildman–Crippen LogP) is 3.10. The topological polar surface area (TPSA) is 15.7 Å². The van der Waals surface area contributed by atoms with Gasteiger partial charge in [-0.1, -0.05) is 40.5 Å². The maximum atomic E-state index is 6.09. The van der Waals surface area contributed by atoms with Crippen molar-refractivity contribution in [2.24, 2.45) is 11.8 Å². The Bertz CT molecular complexity index is 255.